The molecule has 0 saturated carbocycles. The zero-order valence-corrected chi connectivity index (χ0v) is 10.9. The van der Waals surface area contributed by atoms with Crippen molar-refractivity contribution in [2.45, 2.75) is 25.3 Å². The fourth-order valence-electron chi connectivity index (χ4n) is 1.71. The minimum atomic E-state index is -1.04. The Labute approximate surface area is 115 Å². The summed E-state index contributed by atoms with van der Waals surface area (Å²) in [7, 11) is 0. The van der Waals surface area contributed by atoms with Crippen molar-refractivity contribution < 1.29 is 19.1 Å². The zero-order chi connectivity index (χ0) is 13.7. The number of benzene rings is 1. The number of rotatable bonds is 5. The molecule has 1 aliphatic heterocycles. The van der Waals surface area contributed by atoms with Crippen molar-refractivity contribution in [2.24, 2.45) is 0 Å². The Morgan fingerprint density at radius 3 is 2.79 bits per heavy atom. The normalized spacial score (nSPS) is 22.1. The van der Waals surface area contributed by atoms with Gasteiger partial charge in [0.15, 0.2) is 0 Å². The Hall–Kier alpha value is -1.59. The van der Waals surface area contributed by atoms with Gasteiger partial charge in [0.05, 0.1) is 0 Å². The van der Waals surface area contributed by atoms with Gasteiger partial charge in [0.2, 0.25) is 0 Å². The number of nitrogens with one attached hydrogen (secondary N) is 1. The molecule has 5 nitrogen and oxygen atoms in total. The first kappa shape index (κ1) is 13.8. The molecule has 2 atom stereocenters. The molecule has 1 saturated heterocycles. The maximum absolute atomic E-state index is 11.7. The van der Waals surface area contributed by atoms with Crippen LogP contribution in [-0.4, -0.2) is 30.1 Å². The highest BCUT2D eigenvalue weighted by molar-refractivity contribution is 6.18. The van der Waals surface area contributed by atoms with E-state index in [-0.39, 0.29) is 6.61 Å². The largest absolute Gasteiger partial charge is 0.457 e. The van der Waals surface area contributed by atoms with Gasteiger partial charge in [-0.15, -0.1) is 11.6 Å². The van der Waals surface area contributed by atoms with Gasteiger partial charge in [-0.3, -0.25) is 10.1 Å². The number of hydrogen-bond acceptors (Lipinski definition) is 5. The Balaban J connectivity index is 1.83. The molecule has 2 unspecified atom stereocenters. The average Bonchev–Trinajstić information content (AvgIpc) is 2.79. The minimum absolute atomic E-state index is 0.148. The van der Waals surface area contributed by atoms with Crippen LogP contribution in [0.25, 0.3) is 0 Å². The van der Waals surface area contributed by atoms with Crippen molar-refractivity contribution in [1.29, 1.82) is 0 Å². The number of hydrogen-bond donors (Lipinski definition) is 1. The van der Waals surface area contributed by atoms with Crippen molar-refractivity contribution >= 4 is 23.5 Å². The fraction of sp³-hybridized carbons (Fsp3) is 0.385. The van der Waals surface area contributed by atoms with Crippen molar-refractivity contribution in [1.82, 2.24) is 5.32 Å². The van der Waals surface area contributed by atoms with Crippen LogP contribution in [0.3, 0.4) is 0 Å². The van der Waals surface area contributed by atoms with Crippen LogP contribution in [0.2, 0.25) is 0 Å². The lowest BCUT2D eigenvalue weighted by molar-refractivity contribution is -0.163. The summed E-state index contributed by atoms with van der Waals surface area (Å²) in [5.41, 5.74) is 0.873. The summed E-state index contributed by atoms with van der Waals surface area (Å²) in [6.45, 7) is 0.148. The van der Waals surface area contributed by atoms with Gasteiger partial charge in [-0.2, -0.15) is 0 Å². The number of carbonyl (C=O) groups is 2. The maximum Gasteiger partial charge on any atom is 0.363 e. The average molecular weight is 284 g/mol. The summed E-state index contributed by atoms with van der Waals surface area (Å²) in [5, 5.41) is 2.75. The third-order valence-corrected chi connectivity index (χ3v) is 2.93. The molecule has 1 aromatic rings. The molecule has 1 heterocycles. The molecule has 19 heavy (non-hydrogen) atoms. The van der Waals surface area contributed by atoms with E-state index >= 15 is 0 Å². The second-order valence-corrected chi connectivity index (χ2v) is 4.49. The van der Waals surface area contributed by atoms with Crippen LogP contribution in [0.5, 0.6) is 0 Å². The van der Waals surface area contributed by atoms with Crippen LogP contribution in [0, 0.1) is 0 Å². The number of ether oxygens (including phenoxy) is 2. The molecule has 102 valence electrons. The van der Waals surface area contributed by atoms with Crippen LogP contribution in [-0.2, 0) is 25.7 Å². The first-order valence-corrected chi connectivity index (χ1v) is 6.47. The summed E-state index contributed by atoms with van der Waals surface area (Å²) in [6, 6.07) is 8.74. The third-order valence-electron chi connectivity index (χ3n) is 2.71. The molecule has 1 aromatic carbocycles. The quantitative estimate of drug-likeness (QED) is 0.650. The lowest BCUT2D eigenvalue weighted by Gasteiger charge is -2.10. The van der Waals surface area contributed by atoms with Gasteiger partial charge >= 0.3 is 11.9 Å². The summed E-state index contributed by atoms with van der Waals surface area (Å²) in [6.07, 6.45) is -0.618. The van der Waals surface area contributed by atoms with Crippen molar-refractivity contribution in [2.75, 3.05) is 5.88 Å². The molecule has 0 spiro atoms. The van der Waals surface area contributed by atoms with Gasteiger partial charge in [0.1, 0.15) is 12.6 Å². The molecule has 0 radical (unpaired) electrons. The Kier molecular flexibility index (Phi) is 4.76. The highest BCUT2D eigenvalue weighted by Crippen LogP contribution is 2.11. The number of carbonyl (C=O) groups excluding carboxylic acids is 2. The van der Waals surface area contributed by atoms with E-state index in [2.05, 4.69) is 5.32 Å². The predicted octanol–water partition coefficient (Wildman–Crippen LogP) is 1.20. The summed E-state index contributed by atoms with van der Waals surface area (Å²) < 4.78 is 9.97. The maximum atomic E-state index is 11.7. The van der Waals surface area contributed by atoms with E-state index in [1.807, 2.05) is 30.3 Å². The molecule has 0 bridgehead atoms. The number of cyclic esters (lactones) is 1. The van der Waals surface area contributed by atoms with E-state index in [0.717, 1.165) is 5.56 Å². The molecule has 1 N–H and O–H groups in total. The van der Waals surface area contributed by atoms with Gasteiger partial charge in [0, 0.05) is 5.88 Å². The van der Waals surface area contributed by atoms with E-state index in [1.54, 1.807) is 0 Å². The van der Waals surface area contributed by atoms with Crippen molar-refractivity contribution in [3.05, 3.63) is 35.9 Å². The van der Waals surface area contributed by atoms with E-state index < -0.39 is 24.2 Å². The van der Waals surface area contributed by atoms with E-state index in [1.165, 1.54) is 0 Å². The monoisotopic (exact) mass is 283 g/mol. The number of alkyl halides is 1. The molecule has 0 amide bonds. The smallest absolute Gasteiger partial charge is 0.363 e. The van der Waals surface area contributed by atoms with Crippen LogP contribution >= 0.6 is 11.6 Å². The first-order chi connectivity index (χ1) is 9.20. The Morgan fingerprint density at radius 2 is 2.11 bits per heavy atom. The summed E-state index contributed by atoms with van der Waals surface area (Å²) in [5.74, 6) is -0.755. The third kappa shape index (κ3) is 3.68. The van der Waals surface area contributed by atoms with Gasteiger partial charge in [0.25, 0.3) is 6.23 Å². The highest BCUT2D eigenvalue weighted by atomic mass is 35.5. The summed E-state index contributed by atoms with van der Waals surface area (Å²) >= 11 is 5.55. The lowest BCUT2D eigenvalue weighted by atomic mass is 10.2. The molecule has 2 rings (SSSR count). The van der Waals surface area contributed by atoms with Crippen molar-refractivity contribution in [3.8, 4) is 0 Å². The molecule has 1 fully saturated rings. The van der Waals surface area contributed by atoms with Crippen LogP contribution in [0.1, 0.15) is 12.0 Å². The second-order valence-electron chi connectivity index (χ2n) is 4.11. The topological polar surface area (TPSA) is 64.6 Å². The highest BCUT2D eigenvalue weighted by Gasteiger charge is 2.38. The Morgan fingerprint density at radius 1 is 1.37 bits per heavy atom. The number of halogens is 1. The molecule has 0 aromatic heterocycles. The standard InChI is InChI=1S/C13H14ClNO4/c14-7-6-10-12(16)19-11(15-10)13(17)18-8-9-4-2-1-3-5-9/h1-5,10-11,15H,6-8H2. The van der Waals surface area contributed by atoms with Crippen molar-refractivity contribution in [3.63, 3.8) is 0 Å². The first-order valence-electron chi connectivity index (χ1n) is 5.94. The zero-order valence-electron chi connectivity index (χ0n) is 10.2. The minimum Gasteiger partial charge on any atom is -0.457 e. The predicted molar refractivity (Wildman–Crippen MR) is 68.4 cm³/mol. The van der Waals surface area contributed by atoms with Crippen LogP contribution < -0.4 is 5.32 Å². The van der Waals surface area contributed by atoms with Gasteiger partial charge < -0.3 is 9.47 Å². The van der Waals surface area contributed by atoms with Crippen LogP contribution in [0.4, 0.5) is 0 Å². The lowest BCUT2D eigenvalue weighted by Crippen LogP contribution is -2.38. The second kappa shape index (κ2) is 6.54. The molecule has 0 aliphatic carbocycles. The van der Waals surface area contributed by atoms with E-state index in [4.69, 9.17) is 21.1 Å². The summed E-state index contributed by atoms with van der Waals surface area (Å²) in [4.78, 5) is 23.1. The van der Waals surface area contributed by atoms with Crippen LogP contribution in [0.15, 0.2) is 30.3 Å². The molecular formula is C13H14ClNO4. The van der Waals surface area contributed by atoms with Gasteiger partial charge in [-0.25, -0.2) is 4.79 Å². The number of esters is 2. The SMILES string of the molecule is O=C1OC(C(=O)OCc2ccccc2)NC1CCCl. The molecule has 1 aliphatic rings. The molecule has 6 heteroatoms. The van der Waals surface area contributed by atoms with E-state index in [9.17, 15) is 9.59 Å². The fourth-order valence-corrected chi connectivity index (χ4v) is 1.93. The van der Waals surface area contributed by atoms with E-state index in [0.29, 0.717) is 12.3 Å². The van der Waals surface area contributed by atoms with Gasteiger partial charge in [-0.05, 0) is 12.0 Å². The van der Waals surface area contributed by atoms with Gasteiger partial charge in [-0.1, -0.05) is 30.3 Å². The molecular weight excluding hydrogens is 270 g/mol. The Bertz CT molecular complexity index is 451.